The number of fused-ring (bicyclic) bond motifs is 3. The van der Waals surface area contributed by atoms with Crippen molar-refractivity contribution >= 4 is 40.7 Å². The lowest BCUT2D eigenvalue weighted by atomic mass is 10.1. The molecule has 3 heterocycles. The van der Waals surface area contributed by atoms with Crippen LogP contribution in [0.1, 0.15) is 21.6 Å². The molecule has 5 rings (SSSR count). The summed E-state index contributed by atoms with van der Waals surface area (Å²) in [7, 11) is 0. The number of nitrogens with one attached hydrogen (secondary N) is 3. The lowest BCUT2D eigenvalue weighted by Crippen LogP contribution is -2.23. The predicted molar refractivity (Wildman–Crippen MR) is 130 cm³/mol. The van der Waals surface area contributed by atoms with Gasteiger partial charge in [0.25, 0.3) is 5.91 Å². The Morgan fingerprint density at radius 3 is 2.71 bits per heavy atom. The number of carbonyl (C=O) groups is 2. The van der Waals surface area contributed by atoms with E-state index in [9.17, 15) is 9.59 Å². The van der Waals surface area contributed by atoms with Crippen LogP contribution in [0.3, 0.4) is 0 Å². The van der Waals surface area contributed by atoms with Crippen molar-refractivity contribution in [3.8, 4) is 11.3 Å². The molecule has 0 bridgehead atoms. The molecule has 34 heavy (non-hydrogen) atoms. The van der Waals surface area contributed by atoms with Crippen molar-refractivity contribution in [2.45, 2.75) is 13.0 Å². The molecular weight excluding hydrogens is 452 g/mol. The molecule has 2 aromatic carbocycles. The molecule has 3 N–H and O–H groups in total. The maximum Gasteiger partial charge on any atom is 0.251 e. The summed E-state index contributed by atoms with van der Waals surface area (Å²) in [5.74, 6) is 0.0377. The number of rotatable bonds is 5. The summed E-state index contributed by atoms with van der Waals surface area (Å²) in [6.07, 6.45) is 3.51. The van der Waals surface area contributed by atoms with Gasteiger partial charge < -0.3 is 16.0 Å². The highest BCUT2D eigenvalue weighted by Crippen LogP contribution is 2.34. The zero-order chi connectivity index (χ0) is 23.5. The van der Waals surface area contributed by atoms with E-state index >= 15 is 0 Å². The normalized spacial score (nSPS) is 12.1. The monoisotopic (exact) mass is 470 g/mol. The molecule has 4 aromatic rings. The van der Waals surface area contributed by atoms with Crippen molar-refractivity contribution in [1.29, 1.82) is 0 Å². The van der Waals surface area contributed by atoms with Crippen LogP contribution in [0.25, 0.3) is 11.3 Å². The first-order valence-electron chi connectivity index (χ1n) is 10.6. The summed E-state index contributed by atoms with van der Waals surface area (Å²) in [5, 5.41) is 9.40. The lowest BCUT2D eigenvalue weighted by molar-refractivity contribution is -0.115. The number of nitrogens with zero attached hydrogens (tertiary/aromatic N) is 3. The minimum Gasteiger partial charge on any atom is -0.346 e. The summed E-state index contributed by atoms with van der Waals surface area (Å²) in [6, 6.07) is 17.9. The molecule has 168 valence electrons. The number of hydrogen-bond donors (Lipinski definition) is 3. The Morgan fingerprint density at radius 1 is 1.06 bits per heavy atom. The topological polar surface area (TPSA) is 109 Å². The van der Waals surface area contributed by atoms with E-state index in [4.69, 9.17) is 11.6 Å². The molecule has 8 nitrogen and oxygen atoms in total. The zero-order valence-electron chi connectivity index (χ0n) is 17.9. The minimum absolute atomic E-state index is 0.150. The highest BCUT2D eigenvalue weighted by Gasteiger charge is 2.21. The fraction of sp³-hybridized carbons (Fsp3) is 0.0800. The van der Waals surface area contributed by atoms with Gasteiger partial charge in [-0.2, -0.15) is 0 Å². The van der Waals surface area contributed by atoms with Crippen LogP contribution in [-0.2, 0) is 17.8 Å². The maximum atomic E-state index is 12.4. The molecular formula is C25H19ClN6O2. The number of benzene rings is 2. The van der Waals surface area contributed by atoms with Gasteiger partial charge in [-0.3, -0.25) is 14.6 Å². The third-order valence-electron chi connectivity index (χ3n) is 5.29. The third-order valence-corrected chi connectivity index (χ3v) is 5.52. The Kier molecular flexibility index (Phi) is 5.88. The summed E-state index contributed by atoms with van der Waals surface area (Å²) in [4.78, 5) is 37.9. The second-order valence-corrected chi connectivity index (χ2v) is 8.12. The maximum absolute atomic E-state index is 12.4. The van der Waals surface area contributed by atoms with Gasteiger partial charge in [-0.05, 0) is 54.6 Å². The van der Waals surface area contributed by atoms with Crippen molar-refractivity contribution in [2.24, 2.45) is 0 Å². The molecule has 1 aliphatic rings. The van der Waals surface area contributed by atoms with Crippen LogP contribution in [-0.4, -0.2) is 26.8 Å². The number of aromatic nitrogens is 3. The van der Waals surface area contributed by atoms with Gasteiger partial charge in [0, 0.05) is 39.8 Å². The number of carbonyl (C=O) groups excluding carboxylic acids is 2. The average molecular weight is 471 g/mol. The van der Waals surface area contributed by atoms with Crippen LogP contribution in [0.2, 0.25) is 5.02 Å². The predicted octanol–water partition coefficient (Wildman–Crippen LogP) is 4.36. The average Bonchev–Trinajstić information content (AvgIpc) is 2.98. The van der Waals surface area contributed by atoms with E-state index in [1.807, 2.05) is 24.3 Å². The molecule has 2 amide bonds. The van der Waals surface area contributed by atoms with Gasteiger partial charge in [0.1, 0.15) is 0 Å². The summed E-state index contributed by atoms with van der Waals surface area (Å²) >= 11 is 6.10. The van der Waals surface area contributed by atoms with Crippen molar-refractivity contribution in [1.82, 2.24) is 20.3 Å². The molecule has 0 aliphatic carbocycles. The standard InChI is InChI=1S/C25H19ClN6O2/c26-17-6-9-20-21(12-17)31-22(33)11-16-13-29-25(32-23(16)20)30-18-7-4-15(5-8-18)24(34)28-14-19-3-1-2-10-27-19/h1-10,12-13H,11,14H2,(H,28,34)(H,31,33)(H,29,30,32). The van der Waals surface area contributed by atoms with E-state index in [1.165, 1.54) is 0 Å². The second kappa shape index (κ2) is 9.29. The SMILES string of the molecule is O=C1Cc2cnc(Nc3ccc(C(=O)NCc4ccccn4)cc3)nc2-c2ccc(Cl)cc2N1. The Hall–Kier alpha value is -4.30. The smallest absolute Gasteiger partial charge is 0.251 e. The number of halogens is 1. The molecule has 0 unspecified atom stereocenters. The number of hydrogen-bond acceptors (Lipinski definition) is 6. The van der Waals surface area contributed by atoms with Crippen LogP contribution in [0.15, 0.2) is 73.1 Å². The van der Waals surface area contributed by atoms with Crippen LogP contribution in [0.5, 0.6) is 0 Å². The van der Waals surface area contributed by atoms with Crippen molar-refractivity contribution in [2.75, 3.05) is 10.6 Å². The second-order valence-electron chi connectivity index (χ2n) is 7.69. The van der Waals surface area contributed by atoms with Crippen molar-refractivity contribution in [3.05, 3.63) is 94.9 Å². The van der Waals surface area contributed by atoms with E-state index in [2.05, 4.69) is 30.9 Å². The minimum atomic E-state index is -0.189. The van der Waals surface area contributed by atoms with Gasteiger partial charge in [-0.15, -0.1) is 0 Å². The van der Waals surface area contributed by atoms with Crippen LogP contribution in [0.4, 0.5) is 17.3 Å². The summed E-state index contributed by atoms with van der Waals surface area (Å²) < 4.78 is 0. The summed E-state index contributed by atoms with van der Waals surface area (Å²) in [5.41, 5.74) is 4.81. The van der Waals surface area contributed by atoms with Crippen LogP contribution < -0.4 is 16.0 Å². The summed E-state index contributed by atoms with van der Waals surface area (Å²) in [6.45, 7) is 0.354. The quantitative estimate of drug-likeness (QED) is 0.400. The molecule has 0 radical (unpaired) electrons. The van der Waals surface area contributed by atoms with Crippen molar-refractivity contribution in [3.63, 3.8) is 0 Å². The lowest BCUT2D eigenvalue weighted by Gasteiger charge is -2.11. The Labute approximate surface area is 200 Å². The Balaban J connectivity index is 1.32. The highest BCUT2D eigenvalue weighted by atomic mass is 35.5. The van der Waals surface area contributed by atoms with Crippen LogP contribution in [0, 0.1) is 0 Å². The zero-order valence-corrected chi connectivity index (χ0v) is 18.6. The fourth-order valence-corrected chi connectivity index (χ4v) is 3.81. The van der Waals surface area contributed by atoms with Crippen LogP contribution >= 0.6 is 11.6 Å². The van der Waals surface area contributed by atoms with Crippen molar-refractivity contribution < 1.29 is 9.59 Å². The fourth-order valence-electron chi connectivity index (χ4n) is 3.63. The van der Waals surface area contributed by atoms with E-state index in [0.29, 0.717) is 34.5 Å². The Morgan fingerprint density at radius 2 is 1.91 bits per heavy atom. The molecule has 0 spiro atoms. The first kappa shape index (κ1) is 21.5. The van der Waals surface area contributed by atoms with E-state index in [-0.39, 0.29) is 18.2 Å². The molecule has 1 aliphatic heterocycles. The highest BCUT2D eigenvalue weighted by molar-refractivity contribution is 6.31. The molecule has 0 saturated heterocycles. The first-order valence-corrected chi connectivity index (χ1v) is 10.9. The van der Waals surface area contributed by atoms with E-state index in [0.717, 1.165) is 22.5 Å². The van der Waals surface area contributed by atoms with Gasteiger partial charge in [-0.1, -0.05) is 17.7 Å². The third kappa shape index (κ3) is 4.72. The first-order chi connectivity index (χ1) is 16.5. The van der Waals surface area contributed by atoms with Gasteiger partial charge >= 0.3 is 0 Å². The molecule has 0 saturated carbocycles. The van der Waals surface area contributed by atoms with Gasteiger partial charge in [0.05, 0.1) is 30.0 Å². The number of amides is 2. The largest absolute Gasteiger partial charge is 0.346 e. The molecule has 0 atom stereocenters. The molecule has 2 aromatic heterocycles. The van der Waals surface area contributed by atoms with Gasteiger partial charge in [0.15, 0.2) is 0 Å². The molecule has 0 fully saturated rings. The van der Waals surface area contributed by atoms with E-state index < -0.39 is 0 Å². The van der Waals surface area contributed by atoms with E-state index in [1.54, 1.807) is 48.8 Å². The number of anilines is 3. The Bertz CT molecular complexity index is 1380. The molecule has 9 heteroatoms. The van der Waals surface area contributed by atoms with Gasteiger partial charge in [-0.25, -0.2) is 9.97 Å². The van der Waals surface area contributed by atoms with Gasteiger partial charge in [0.2, 0.25) is 11.9 Å². The number of pyridine rings is 1.